The van der Waals surface area contributed by atoms with Gasteiger partial charge in [-0.05, 0) is 43.7 Å². The van der Waals surface area contributed by atoms with Crippen molar-refractivity contribution >= 4 is 39.5 Å². The molecule has 0 radical (unpaired) electrons. The van der Waals surface area contributed by atoms with Crippen LogP contribution in [0.2, 0.25) is 0 Å². The third kappa shape index (κ3) is 4.46. The molecular weight excluding hydrogens is 468 g/mol. The lowest BCUT2D eigenvalue weighted by molar-refractivity contribution is -0.117. The Balaban J connectivity index is 1.36. The van der Waals surface area contributed by atoms with Gasteiger partial charge in [0.25, 0.3) is 0 Å². The summed E-state index contributed by atoms with van der Waals surface area (Å²) in [4.78, 5) is 30.6. The second kappa shape index (κ2) is 9.53. The average Bonchev–Trinajstić information content (AvgIpc) is 3.53. The summed E-state index contributed by atoms with van der Waals surface area (Å²) >= 11 is 0. The molecule has 0 unspecified atom stereocenters. The Hall–Kier alpha value is -4.47. The van der Waals surface area contributed by atoms with Crippen molar-refractivity contribution < 1.29 is 9.90 Å². The number of anilines is 2. The van der Waals surface area contributed by atoms with Gasteiger partial charge in [0.2, 0.25) is 5.95 Å². The molecule has 2 aromatic carbocycles. The second-order valence-electron chi connectivity index (χ2n) is 9.37. The zero-order chi connectivity index (χ0) is 25.4. The van der Waals surface area contributed by atoms with Crippen molar-refractivity contribution in [1.29, 1.82) is 0 Å². The van der Waals surface area contributed by atoms with Crippen LogP contribution in [0.4, 0.5) is 11.6 Å². The molecule has 37 heavy (non-hydrogen) atoms. The summed E-state index contributed by atoms with van der Waals surface area (Å²) in [6, 6.07) is 15.3. The molecule has 1 aliphatic heterocycles. The molecule has 0 bridgehead atoms. The molecule has 0 atom stereocenters. The summed E-state index contributed by atoms with van der Waals surface area (Å²) in [6.07, 6.45) is 4.86. The number of nitrogens with zero attached hydrogens (tertiary/aromatic N) is 8. The van der Waals surface area contributed by atoms with Crippen LogP contribution in [0.1, 0.15) is 19.8 Å². The van der Waals surface area contributed by atoms with Crippen LogP contribution < -0.4 is 9.80 Å². The van der Waals surface area contributed by atoms with Gasteiger partial charge in [-0.1, -0.05) is 18.2 Å². The molecule has 0 spiro atoms. The Morgan fingerprint density at radius 1 is 0.973 bits per heavy atom. The molecule has 1 aliphatic rings. The second-order valence-corrected chi connectivity index (χ2v) is 9.37. The lowest BCUT2D eigenvalue weighted by atomic mass is 10.2. The van der Waals surface area contributed by atoms with Crippen molar-refractivity contribution in [3.8, 4) is 11.6 Å². The summed E-state index contributed by atoms with van der Waals surface area (Å²) in [7, 11) is 0. The van der Waals surface area contributed by atoms with Gasteiger partial charge in [0.15, 0.2) is 17.0 Å². The summed E-state index contributed by atoms with van der Waals surface area (Å²) in [5.74, 6) is 1.73. The van der Waals surface area contributed by atoms with E-state index in [4.69, 9.17) is 9.97 Å². The molecule has 1 saturated heterocycles. The molecule has 0 saturated carbocycles. The number of hydrogen-bond acceptors (Lipinski definition) is 8. The molecule has 10 heteroatoms. The van der Waals surface area contributed by atoms with Crippen molar-refractivity contribution in [1.82, 2.24) is 29.3 Å². The van der Waals surface area contributed by atoms with Gasteiger partial charge in [-0.2, -0.15) is 15.1 Å². The van der Waals surface area contributed by atoms with Crippen LogP contribution in [0.3, 0.4) is 0 Å². The van der Waals surface area contributed by atoms with Gasteiger partial charge >= 0.3 is 0 Å². The predicted molar refractivity (Wildman–Crippen MR) is 142 cm³/mol. The number of aromatic hydroxyl groups is 1. The monoisotopic (exact) mass is 496 g/mol. The Bertz CT molecular complexity index is 1560. The number of phenols is 1. The molecule has 1 N–H and O–H groups in total. The van der Waals surface area contributed by atoms with Gasteiger partial charge in [0, 0.05) is 50.2 Å². The number of hydrogen-bond donors (Lipinski definition) is 1. The fourth-order valence-corrected chi connectivity index (χ4v) is 4.84. The van der Waals surface area contributed by atoms with Crippen LogP contribution in [-0.4, -0.2) is 66.4 Å². The van der Waals surface area contributed by atoms with Crippen molar-refractivity contribution in [2.75, 3.05) is 36.0 Å². The molecule has 6 rings (SSSR count). The summed E-state index contributed by atoms with van der Waals surface area (Å²) in [5.41, 5.74) is 3.46. The van der Waals surface area contributed by atoms with Gasteiger partial charge in [-0.3, -0.25) is 0 Å². The minimum atomic E-state index is 0.176. The number of phenolic OH excluding ortho intramolecular Hbond substituents is 1. The van der Waals surface area contributed by atoms with E-state index in [-0.39, 0.29) is 11.5 Å². The van der Waals surface area contributed by atoms with E-state index >= 15 is 0 Å². The van der Waals surface area contributed by atoms with Crippen LogP contribution in [0.25, 0.3) is 27.9 Å². The predicted octanol–water partition coefficient (Wildman–Crippen LogP) is 3.57. The van der Waals surface area contributed by atoms with Crippen LogP contribution in [0.15, 0.2) is 61.1 Å². The van der Waals surface area contributed by atoms with Crippen LogP contribution >= 0.6 is 0 Å². The SMILES string of the molecule is CC(=O)CCCn1cnc2c(-n3ncc4ccccc43)nc(N3CCN(c4ccc(O)cc4)CC3)nc21. The van der Waals surface area contributed by atoms with E-state index in [9.17, 15) is 9.90 Å². The maximum Gasteiger partial charge on any atom is 0.229 e. The van der Waals surface area contributed by atoms with Crippen LogP contribution in [-0.2, 0) is 11.3 Å². The Morgan fingerprint density at radius 2 is 1.73 bits per heavy atom. The average molecular weight is 497 g/mol. The lowest BCUT2D eigenvalue weighted by Gasteiger charge is -2.36. The number of aromatic nitrogens is 6. The van der Waals surface area contributed by atoms with Gasteiger partial charge in [0.05, 0.1) is 18.0 Å². The number of imidazole rings is 1. The molecule has 5 aromatic rings. The first-order chi connectivity index (χ1) is 18.1. The number of aryl methyl sites for hydroxylation is 1. The first kappa shape index (κ1) is 23.0. The maximum absolute atomic E-state index is 11.5. The topological polar surface area (TPSA) is 105 Å². The summed E-state index contributed by atoms with van der Waals surface area (Å²) in [5, 5.41) is 15.3. The highest BCUT2D eigenvalue weighted by Gasteiger charge is 2.23. The number of para-hydroxylation sites is 1. The minimum Gasteiger partial charge on any atom is -0.508 e. The summed E-state index contributed by atoms with van der Waals surface area (Å²) < 4.78 is 3.84. The van der Waals surface area contributed by atoms with E-state index in [1.165, 1.54) is 0 Å². The number of fused-ring (bicyclic) bond motifs is 2. The number of carbonyl (C=O) groups is 1. The third-order valence-electron chi connectivity index (χ3n) is 6.82. The first-order valence-corrected chi connectivity index (χ1v) is 12.5. The standard InChI is InChI=1S/C27H28N8O2/c1-19(36)5-4-12-34-18-28-24-25(34)30-27(31-26(24)35-23-7-3-2-6-20(23)17-29-35)33-15-13-32(14-16-33)21-8-10-22(37)11-9-21/h2-3,6-11,17-18,37H,4-5,12-16H2,1H3. The lowest BCUT2D eigenvalue weighted by Crippen LogP contribution is -2.47. The molecule has 188 valence electrons. The highest BCUT2D eigenvalue weighted by molar-refractivity contribution is 5.85. The van der Waals surface area contributed by atoms with E-state index in [2.05, 4.69) is 19.9 Å². The molecule has 10 nitrogen and oxygen atoms in total. The largest absolute Gasteiger partial charge is 0.508 e. The minimum absolute atomic E-state index is 0.176. The molecule has 0 amide bonds. The zero-order valence-corrected chi connectivity index (χ0v) is 20.7. The zero-order valence-electron chi connectivity index (χ0n) is 20.7. The van der Waals surface area contributed by atoms with E-state index in [1.807, 2.05) is 51.8 Å². The third-order valence-corrected chi connectivity index (χ3v) is 6.82. The highest BCUT2D eigenvalue weighted by Crippen LogP contribution is 2.27. The normalized spacial score (nSPS) is 14.1. The fourth-order valence-electron chi connectivity index (χ4n) is 4.84. The van der Waals surface area contributed by atoms with Crippen molar-refractivity contribution in [3.05, 3.63) is 61.1 Å². The number of ketones is 1. The van der Waals surface area contributed by atoms with Crippen molar-refractivity contribution in [2.24, 2.45) is 0 Å². The van der Waals surface area contributed by atoms with E-state index < -0.39 is 0 Å². The Morgan fingerprint density at radius 3 is 2.51 bits per heavy atom. The van der Waals surface area contributed by atoms with E-state index in [0.717, 1.165) is 54.8 Å². The maximum atomic E-state index is 11.5. The van der Waals surface area contributed by atoms with Gasteiger partial charge < -0.3 is 24.3 Å². The van der Waals surface area contributed by atoms with Gasteiger partial charge in [-0.15, -0.1) is 0 Å². The number of piperazine rings is 1. The highest BCUT2D eigenvalue weighted by atomic mass is 16.3. The fraction of sp³-hybridized carbons (Fsp3) is 0.296. The Labute approximate surface area is 213 Å². The number of rotatable bonds is 7. The molecule has 0 aliphatic carbocycles. The van der Waals surface area contributed by atoms with Crippen LogP contribution in [0, 0.1) is 0 Å². The number of benzene rings is 2. The van der Waals surface area contributed by atoms with Crippen molar-refractivity contribution in [2.45, 2.75) is 26.3 Å². The molecule has 1 fully saturated rings. The van der Waals surface area contributed by atoms with Crippen LogP contribution in [0.5, 0.6) is 5.75 Å². The van der Waals surface area contributed by atoms with Gasteiger partial charge in [-0.25, -0.2) is 9.67 Å². The molecular formula is C27H28N8O2. The smallest absolute Gasteiger partial charge is 0.229 e. The molecule has 3 aromatic heterocycles. The molecule has 4 heterocycles. The number of carbonyl (C=O) groups excluding carboxylic acids is 1. The first-order valence-electron chi connectivity index (χ1n) is 12.5. The Kier molecular flexibility index (Phi) is 5.91. The quantitative estimate of drug-likeness (QED) is 0.365. The number of Topliss-reactive ketones (excluding diaryl/α,β-unsaturated/α-hetero) is 1. The van der Waals surface area contributed by atoms with E-state index in [0.29, 0.717) is 30.2 Å². The summed E-state index contributed by atoms with van der Waals surface area (Å²) in [6.45, 7) is 5.40. The van der Waals surface area contributed by atoms with E-state index in [1.54, 1.807) is 25.4 Å². The van der Waals surface area contributed by atoms with Gasteiger partial charge in [0.1, 0.15) is 11.5 Å². The van der Waals surface area contributed by atoms with Crippen molar-refractivity contribution in [3.63, 3.8) is 0 Å².